The van der Waals surface area contributed by atoms with Crippen molar-refractivity contribution in [1.29, 1.82) is 0 Å². The Kier molecular flexibility index (Phi) is 3.81. The fraction of sp³-hybridized carbons (Fsp3) is 0.467. The van der Waals surface area contributed by atoms with Crippen LogP contribution in [0, 0.1) is 0 Å². The summed E-state index contributed by atoms with van der Waals surface area (Å²) in [5.74, 6) is -1.30. The molecule has 1 aliphatic rings. The van der Waals surface area contributed by atoms with Crippen molar-refractivity contribution in [3.63, 3.8) is 0 Å². The second kappa shape index (κ2) is 5.25. The van der Waals surface area contributed by atoms with E-state index >= 15 is 0 Å². The summed E-state index contributed by atoms with van der Waals surface area (Å²) in [6.07, 6.45) is 1.29. The summed E-state index contributed by atoms with van der Waals surface area (Å²) < 4.78 is 0. The molecule has 1 aromatic rings. The lowest BCUT2D eigenvalue weighted by Gasteiger charge is -2.33. The van der Waals surface area contributed by atoms with E-state index in [-0.39, 0.29) is 5.91 Å². The Hall–Kier alpha value is -1.88. The second-order valence-corrected chi connectivity index (χ2v) is 5.23. The number of fused-ring (bicyclic) bond motifs is 1. The van der Waals surface area contributed by atoms with Crippen LogP contribution in [0.1, 0.15) is 32.3 Å². The molecule has 5 heteroatoms. The highest BCUT2D eigenvalue weighted by molar-refractivity contribution is 6.06. The Labute approximate surface area is 118 Å². The topological polar surface area (TPSA) is 83.6 Å². The first kappa shape index (κ1) is 14.5. The molecule has 0 fully saturated rings. The minimum Gasteiger partial charge on any atom is -0.480 e. The number of aliphatic carboxylic acids is 1. The third-order valence-electron chi connectivity index (χ3n) is 4.17. The van der Waals surface area contributed by atoms with E-state index in [1.54, 1.807) is 12.1 Å². The van der Waals surface area contributed by atoms with Gasteiger partial charge in [-0.3, -0.25) is 9.69 Å². The van der Waals surface area contributed by atoms with Gasteiger partial charge in [0.05, 0.1) is 5.54 Å². The van der Waals surface area contributed by atoms with E-state index in [1.165, 1.54) is 4.90 Å². The van der Waals surface area contributed by atoms with Crippen LogP contribution in [-0.4, -0.2) is 28.6 Å². The van der Waals surface area contributed by atoms with E-state index in [1.807, 2.05) is 26.0 Å². The van der Waals surface area contributed by atoms with Gasteiger partial charge in [-0.25, -0.2) is 4.79 Å². The highest BCUT2D eigenvalue weighted by Crippen LogP contribution is 2.34. The maximum Gasteiger partial charge on any atom is 0.327 e. The molecule has 0 spiro atoms. The molecule has 3 N–H and O–H groups in total. The zero-order valence-electron chi connectivity index (χ0n) is 11.8. The molecule has 0 aliphatic carbocycles. The number of carboxylic acids is 1. The van der Waals surface area contributed by atoms with Gasteiger partial charge in [0.2, 0.25) is 5.91 Å². The zero-order chi connectivity index (χ0) is 14.9. The normalized spacial score (nSPS) is 17.9. The number of amides is 1. The summed E-state index contributed by atoms with van der Waals surface area (Å²) in [5, 5.41) is 9.38. The van der Waals surface area contributed by atoms with Crippen LogP contribution in [0.15, 0.2) is 24.3 Å². The Morgan fingerprint density at radius 1 is 1.35 bits per heavy atom. The SMILES string of the molecule is CCC(N)(CC)C(=O)N1c2ccccc2CC1C(=O)O. The molecule has 1 aromatic carbocycles. The first-order valence-electron chi connectivity index (χ1n) is 6.88. The number of para-hydroxylation sites is 1. The van der Waals surface area contributed by atoms with Gasteiger partial charge in [-0.05, 0) is 24.5 Å². The molecule has 108 valence electrons. The molecule has 20 heavy (non-hydrogen) atoms. The van der Waals surface area contributed by atoms with Crippen molar-refractivity contribution in [3.05, 3.63) is 29.8 Å². The predicted octanol–water partition coefficient (Wildman–Crippen LogP) is 1.55. The maximum atomic E-state index is 12.7. The van der Waals surface area contributed by atoms with Gasteiger partial charge in [0.15, 0.2) is 0 Å². The first-order valence-corrected chi connectivity index (χ1v) is 6.88. The number of nitrogens with two attached hydrogens (primary N) is 1. The van der Waals surface area contributed by atoms with Crippen molar-refractivity contribution in [2.45, 2.75) is 44.7 Å². The van der Waals surface area contributed by atoms with E-state index in [4.69, 9.17) is 5.73 Å². The summed E-state index contributed by atoms with van der Waals surface area (Å²) in [7, 11) is 0. The van der Waals surface area contributed by atoms with Crippen molar-refractivity contribution in [3.8, 4) is 0 Å². The maximum absolute atomic E-state index is 12.7. The van der Waals surface area contributed by atoms with Crippen LogP contribution in [0.2, 0.25) is 0 Å². The highest BCUT2D eigenvalue weighted by atomic mass is 16.4. The fourth-order valence-electron chi connectivity index (χ4n) is 2.63. The quantitative estimate of drug-likeness (QED) is 0.874. The first-order chi connectivity index (χ1) is 9.44. The van der Waals surface area contributed by atoms with Crippen LogP contribution in [0.5, 0.6) is 0 Å². The van der Waals surface area contributed by atoms with Gasteiger partial charge in [0.25, 0.3) is 0 Å². The fourth-order valence-corrected chi connectivity index (χ4v) is 2.63. The third kappa shape index (κ3) is 2.18. The van der Waals surface area contributed by atoms with Gasteiger partial charge in [0.1, 0.15) is 6.04 Å². The van der Waals surface area contributed by atoms with Gasteiger partial charge in [-0.2, -0.15) is 0 Å². The van der Waals surface area contributed by atoms with Crippen molar-refractivity contribution in [2.75, 3.05) is 4.90 Å². The lowest BCUT2D eigenvalue weighted by Crippen LogP contribution is -2.58. The van der Waals surface area contributed by atoms with Gasteiger partial charge in [-0.15, -0.1) is 0 Å². The number of benzene rings is 1. The summed E-state index contributed by atoms with van der Waals surface area (Å²) >= 11 is 0. The largest absolute Gasteiger partial charge is 0.480 e. The molecule has 1 heterocycles. The summed E-state index contributed by atoms with van der Waals surface area (Å²) in [4.78, 5) is 25.6. The smallest absolute Gasteiger partial charge is 0.327 e. The lowest BCUT2D eigenvalue weighted by atomic mass is 9.92. The van der Waals surface area contributed by atoms with Crippen molar-refractivity contribution >= 4 is 17.6 Å². The van der Waals surface area contributed by atoms with Gasteiger partial charge in [0, 0.05) is 12.1 Å². The monoisotopic (exact) mass is 276 g/mol. The summed E-state index contributed by atoms with van der Waals surface area (Å²) in [5.41, 5.74) is 6.69. The Bertz CT molecular complexity index is 538. The highest BCUT2D eigenvalue weighted by Gasteiger charge is 2.44. The predicted molar refractivity (Wildman–Crippen MR) is 76.6 cm³/mol. The van der Waals surface area contributed by atoms with Crippen LogP contribution in [0.3, 0.4) is 0 Å². The van der Waals surface area contributed by atoms with E-state index in [2.05, 4.69) is 0 Å². The molecule has 1 amide bonds. The number of anilines is 1. The minimum atomic E-state index is -1.01. The minimum absolute atomic E-state index is 0.306. The van der Waals surface area contributed by atoms with E-state index in [9.17, 15) is 14.7 Å². The van der Waals surface area contributed by atoms with Crippen LogP contribution in [0.25, 0.3) is 0 Å². The van der Waals surface area contributed by atoms with E-state index in [0.717, 1.165) is 5.56 Å². The van der Waals surface area contributed by atoms with E-state index < -0.39 is 17.6 Å². The Morgan fingerprint density at radius 3 is 2.50 bits per heavy atom. The average Bonchev–Trinajstić information content (AvgIpc) is 2.85. The molecule has 2 rings (SSSR count). The molecule has 1 atom stereocenters. The van der Waals surface area contributed by atoms with Crippen molar-refractivity contribution in [2.24, 2.45) is 5.73 Å². The van der Waals surface area contributed by atoms with Gasteiger partial charge >= 0.3 is 5.97 Å². The third-order valence-corrected chi connectivity index (χ3v) is 4.17. The second-order valence-electron chi connectivity index (χ2n) is 5.23. The molecule has 0 bridgehead atoms. The number of carbonyl (C=O) groups is 2. The molecule has 5 nitrogen and oxygen atoms in total. The number of rotatable bonds is 4. The van der Waals surface area contributed by atoms with Gasteiger partial charge < -0.3 is 10.8 Å². The molecule has 1 aliphatic heterocycles. The van der Waals surface area contributed by atoms with Crippen LogP contribution in [0.4, 0.5) is 5.69 Å². The molecule has 0 saturated heterocycles. The van der Waals surface area contributed by atoms with Crippen LogP contribution in [-0.2, 0) is 16.0 Å². The molecular formula is C15H20N2O3. The molecule has 0 aromatic heterocycles. The van der Waals surface area contributed by atoms with Crippen molar-refractivity contribution < 1.29 is 14.7 Å². The van der Waals surface area contributed by atoms with Crippen LogP contribution >= 0.6 is 0 Å². The Balaban J connectivity index is 2.46. The lowest BCUT2D eigenvalue weighted by molar-refractivity contribution is -0.140. The Morgan fingerprint density at radius 2 is 1.95 bits per heavy atom. The standard InChI is InChI=1S/C15H20N2O3/c1-3-15(16,4-2)14(20)17-11-8-6-5-7-10(11)9-12(17)13(18)19/h5-8,12H,3-4,9,16H2,1-2H3,(H,18,19). The van der Waals surface area contributed by atoms with Crippen LogP contribution < -0.4 is 10.6 Å². The molecule has 1 unspecified atom stereocenters. The number of carboxylic acid groups (broad SMARTS) is 1. The van der Waals surface area contributed by atoms with Gasteiger partial charge in [-0.1, -0.05) is 32.0 Å². The number of hydrogen-bond acceptors (Lipinski definition) is 3. The molecule has 0 radical (unpaired) electrons. The molecular weight excluding hydrogens is 256 g/mol. The summed E-state index contributed by atoms with van der Waals surface area (Å²) in [6, 6.07) is 6.43. The molecule has 0 saturated carbocycles. The van der Waals surface area contributed by atoms with E-state index in [0.29, 0.717) is 24.9 Å². The zero-order valence-corrected chi connectivity index (χ0v) is 11.8. The summed E-state index contributed by atoms with van der Waals surface area (Å²) in [6.45, 7) is 3.69. The van der Waals surface area contributed by atoms with Crippen molar-refractivity contribution in [1.82, 2.24) is 0 Å². The number of carbonyl (C=O) groups excluding carboxylic acids is 1. The number of hydrogen-bond donors (Lipinski definition) is 2. The number of nitrogens with zero attached hydrogens (tertiary/aromatic N) is 1. The average molecular weight is 276 g/mol.